The molecule has 102 valence electrons. The molecule has 2 aliphatic heterocycles. The summed E-state index contributed by atoms with van der Waals surface area (Å²) in [7, 11) is 0. The largest absolute Gasteiger partial charge is 0.339 e. The highest BCUT2D eigenvalue weighted by atomic mass is 16.2. The summed E-state index contributed by atoms with van der Waals surface area (Å²) >= 11 is 0. The van der Waals surface area contributed by atoms with Crippen LogP contribution in [0.5, 0.6) is 0 Å². The van der Waals surface area contributed by atoms with E-state index in [2.05, 4.69) is 22.0 Å². The second-order valence-electron chi connectivity index (χ2n) is 6.07. The average molecular weight is 251 g/mol. The minimum atomic E-state index is 0.345. The van der Waals surface area contributed by atoms with Gasteiger partial charge in [0.05, 0.1) is 6.54 Å². The highest BCUT2D eigenvalue weighted by Gasteiger charge is 2.34. The van der Waals surface area contributed by atoms with Crippen LogP contribution in [0.4, 0.5) is 0 Å². The van der Waals surface area contributed by atoms with Crippen molar-refractivity contribution in [3.8, 4) is 0 Å². The highest BCUT2D eigenvalue weighted by Crippen LogP contribution is 2.27. The number of carbonyl (C=O) groups is 1. The van der Waals surface area contributed by atoms with Gasteiger partial charge in [0, 0.05) is 37.8 Å². The lowest BCUT2D eigenvalue weighted by molar-refractivity contribution is -0.132. The van der Waals surface area contributed by atoms with E-state index in [1.54, 1.807) is 0 Å². The summed E-state index contributed by atoms with van der Waals surface area (Å²) in [6.45, 7) is 5.76. The molecule has 1 amide bonds. The summed E-state index contributed by atoms with van der Waals surface area (Å²) in [6.07, 6.45) is 6.25. The second kappa shape index (κ2) is 5.17. The Hall–Kier alpha value is -0.610. The Labute approximate surface area is 110 Å². The highest BCUT2D eigenvalue weighted by molar-refractivity contribution is 5.78. The Kier molecular flexibility index (Phi) is 3.57. The van der Waals surface area contributed by atoms with Crippen LogP contribution in [0, 0.1) is 0 Å². The average Bonchev–Trinajstić information content (AvgIpc) is 3.08. The summed E-state index contributed by atoms with van der Waals surface area (Å²) in [5.74, 6) is 0.345. The summed E-state index contributed by atoms with van der Waals surface area (Å²) in [5, 5.41) is 3.67. The van der Waals surface area contributed by atoms with Gasteiger partial charge in [-0.2, -0.15) is 0 Å². The number of amides is 1. The molecule has 0 aromatic heterocycles. The number of likely N-dealkylation sites (N-methyl/N-ethyl adjacent to an activating group) is 1. The topological polar surface area (TPSA) is 35.6 Å². The summed E-state index contributed by atoms with van der Waals surface area (Å²) in [4.78, 5) is 16.8. The monoisotopic (exact) mass is 251 g/mol. The summed E-state index contributed by atoms with van der Waals surface area (Å²) in [6, 6.07) is 1.89. The van der Waals surface area contributed by atoms with E-state index in [0.29, 0.717) is 30.6 Å². The molecule has 1 N–H and O–H groups in total. The third-order valence-corrected chi connectivity index (χ3v) is 4.61. The van der Waals surface area contributed by atoms with Gasteiger partial charge in [0.25, 0.3) is 0 Å². The van der Waals surface area contributed by atoms with Crippen molar-refractivity contribution >= 4 is 5.91 Å². The fourth-order valence-corrected chi connectivity index (χ4v) is 3.47. The van der Waals surface area contributed by atoms with E-state index in [9.17, 15) is 4.79 Å². The molecule has 2 bridgehead atoms. The van der Waals surface area contributed by atoms with Gasteiger partial charge >= 0.3 is 0 Å². The number of rotatable bonds is 4. The molecule has 2 unspecified atom stereocenters. The van der Waals surface area contributed by atoms with Crippen LogP contribution in [0.15, 0.2) is 0 Å². The van der Waals surface area contributed by atoms with E-state index in [1.165, 1.54) is 32.1 Å². The Morgan fingerprint density at radius 3 is 2.72 bits per heavy atom. The molecular weight excluding hydrogens is 226 g/mol. The van der Waals surface area contributed by atoms with E-state index in [4.69, 9.17) is 0 Å². The SMILES string of the molecule is CCN(C(=O)CN1CCC2CCC(C1)N2)C1CC1. The zero-order chi connectivity index (χ0) is 12.5. The van der Waals surface area contributed by atoms with Crippen LogP contribution in [-0.4, -0.2) is 60.0 Å². The van der Waals surface area contributed by atoms with Crippen LogP contribution in [-0.2, 0) is 4.79 Å². The quantitative estimate of drug-likeness (QED) is 0.803. The number of hydrogen-bond acceptors (Lipinski definition) is 3. The van der Waals surface area contributed by atoms with E-state index < -0.39 is 0 Å². The number of nitrogens with one attached hydrogen (secondary N) is 1. The lowest BCUT2D eigenvalue weighted by Crippen LogP contribution is -2.44. The molecule has 0 radical (unpaired) electrons. The lowest BCUT2D eigenvalue weighted by atomic mass is 10.1. The van der Waals surface area contributed by atoms with Crippen molar-refractivity contribution in [3.63, 3.8) is 0 Å². The number of likely N-dealkylation sites (tertiary alicyclic amines) is 1. The maximum atomic E-state index is 12.3. The minimum Gasteiger partial charge on any atom is -0.339 e. The first kappa shape index (κ1) is 12.4. The van der Waals surface area contributed by atoms with Gasteiger partial charge < -0.3 is 10.2 Å². The normalized spacial score (nSPS) is 32.3. The molecule has 4 heteroatoms. The van der Waals surface area contributed by atoms with Gasteiger partial charge in [-0.05, 0) is 39.0 Å². The first-order valence-corrected chi connectivity index (χ1v) is 7.54. The smallest absolute Gasteiger partial charge is 0.236 e. The summed E-state index contributed by atoms with van der Waals surface area (Å²) in [5.41, 5.74) is 0. The molecule has 1 saturated carbocycles. The Morgan fingerprint density at radius 1 is 1.22 bits per heavy atom. The number of fused-ring (bicyclic) bond motifs is 2. The van der Waals surface area contributed by atoms with Crippen LogP contribution >= 0.6 is 0 Å². The fourth-order valence-electron chi connectivity index (χ4n) is 3.47. The fraction of sp³-hybridized carbons (Fsp3) is 0.929. The van der Waals surface area contributed by atoms with E-state index in [1.807, 2.05) is 0 Å². The molecule has 3 fully saturated rings. The van der Waals surface area contributed by atoms with Gasteiger partial charge in [-0.15, -0.1) is 0 Å². The zero-order valence-electron chi connectivity index (χ0n) is 11.4. The zero-order valence-corrected chi connectivity index (χ0v) is 11.4. The lowest BCUT2D eigenvalue weighted by Gasteiger charge is -2.27. The van der Waals surface area contributed by atoms with Crippen LogP contribution in [0.3, 0.4) is 0 Å². The molecule has 0 aromatic carbocycles. The van der Waals surface area contributed by atoms with E-state index >= 15 is 0 Å². The number of carbonyl (C=O) groups excluding carboxylic acids is 1. The van der Waals surface area contributed by atoms with Gasteiger partial charge in [0.1, 0.15) is 0 Å². The van der Waals surface area contributed by atoms with Gasteiger partial charge in [-0.3, -0.25) is 9.69 Å². The molecule has 4 nitrogen and oxygen atoms in total. The molecule has 0 spiro atoms. The minimum absolute atomic E-state index is 0.345. The van der Waals surface area contributed by atoms with Crippen LogP contribution < -0.4 is 5.32 Å². The second-order valence-corrected chi connectivity index (χ2v) is 6.07. The standard InChI is InChI=1S/C14H25N3O/c1-2-17(13-5-6-13)14(18)10-16-8-7-11-3-4-12(9-16)15-11/h11-13,15H,2-10H2,1H3. The third-order valence-electron chi connectivity index (χ3n) is 4.61. The van der Waals surface area contributed by atoms with Crippen molar-refractivity contribution in [2.45, 2.75) is 57.2 Å². The van der Waals surface area contributed by atoms with E-state index in [0.717, 1.165) is 19.6 Å². The van der Waals surface area contributed by atoms with Crippen molar-refractivity contribution in [2.75, 3.05) is 26.2 Å². The predicted molar refractivity (Wildman–Crippen MR) is 71.4 cm³/mol. The van der Waals surface area contributed by atoms with Crippen molar-refractivity contribution < 1.29 is 4.79 Å². The Morgan fingerprint density at radius 2 is 2.00 bits per heavy atom. The van der Waals surface area contributed by atoms with Crippen molar-refractivity contribution in [2.24, 2.45) is 0 Å². The first-order valence-electron chi connectivity index (χ1n) is 7.54. The van der Waals surface area contributed by atoms with Crippen molar-refractivity contribution in [3.05, 3.63) is 0 Å². The third kappa shape index (κ3) is 2.69. The first-order chi connectivity index (χ1) is 8.76. The molecule has 0 aromatic rings. The molecule has 2 heterocycles. The number of nitrogens with zero attached hydrogens (tertiary/aromatic N) is 2. The van der Waals surface area contributed by atoms with Gasteiger partial charge in [-0.1, -0.05) is 0 Å². The molecule has 2 saturated heterocycles. The van der Waals surface area contributed by atoms with Crippen LogP contribution in [0.1, 0.15) is 39.0 Å². The number of hydrogen-bond donors (Lipinski definition) is 1. The molecule has 18 heavy (non-hydrogen) atoms. The van der Waals surface area contributed by atoms with Crippen molar-refractivity contribution in [1.29, 1.82) is 0 Å². The van der Waals surface area contributed by atoms with Crippen LogP contribution in [0.25, 0.3) is 0 Å². The Balaban J connectivity index is 1.53. The van der Waals surface area contributed by atoms with Gasteiger partial charge in [0.2, 0.25) is 5.91 Å². The molecular formula is C14H25N3O. The van der Waals surface area contributed by atoms with Crippen molar-refractivity contribution in [1.82, 2.24) is 15.1 Å². The molecule has 3 rings (SSSR count). The van der Waals surface area contributed by atoms with Gasteiger partial charge in [0.15, 0.2) is 0 Å². The molecule has 1 aliphatic carbocycles. The predicted octanol–water partition coefficient (Wildman–Crippen LogP) is 0.824. The molecule has 2 atom stereocenters. The molecule has 3 aliphatic rings. The Bertz CT molecular complexity index is 316. The van der Waals surface area contributed by atoms with E-state index in [-0.39, 0.29) is 0 Å². The maximum absolute atomic E-state index is 12.3. The van der Waals surface area contributed by atoms with Crippen LogP contribution in [0.2, 0.25) is 0 Å². The maximum Gasteiger partial charge on any atom is 0.236 e. The summed E-state index contributed by atoms with van der Waals surface area (Å²) < 4.78 is 0. The van der Waals surface area contributed by atoms with Gasteiger partial charge in [-0.25, -0.2) is 0 Å².